The highest BCUT2D eigenvalue weighted by Gasteiger charge is 2.25. The number of fused-ring (bicyclic) bond motifs is 1. The second-order valence-corrected chi connectivity index (χ2v) is 6.47. The van der Waals surface area contributed by atoms with Crippen molar-refractivity contribution in [1.29, 1.82) is 0 Å². The first kappa shape index (κ1) is 16.0. The minimum atomic E-state index is -0.206. The minimum absolute atomic E-state index is 0.0384. The largest absolute Gasteiger partial charge is 0.349 e. The van der Waals surface area contributed by atoms with Crippen LogP contribution < -0.4 is 10.6 Å². The number of benzene rings is 1. The van der Waals surface area contributed by atoms with Gasteiger partial charge in [0.05, 0.1) is 12.5 Å². The first-order valence-corrected chi connectivity index (χ1v) is 8.63. The zero-order valence-corrected chi connectivity index (χ0v) is 13.5. The van der Waals surface area contributed by atoms with Crippen molar-refractivity contribution < 1.29 is 9.59 Å². The summed E-state index contributed by atoms with van der Waals surface area (Å²) in [5.74, 6) is -0.00108. The molecule has 2 aliphatic heterocycles. The van der Waals surface area contributed by atoms with Crippen LogP contribution in [0.25, 0.3) is 0 Å². The van der Waals surface area contributed by atoms with E-state index < -0.39 is 0 Å². The van der Waals surface area contributed by atoms with Crippen molar-refractivity contribution in [2.24, 2.45) is 0 Å². The number of likely N-dealkylation sites (tertiary alicyclic amines) is 1. The number of hydrogen-bond donors (Lipinski definition) is 2. The predicted molar refractivity (Wildman–Crippen MR) is 90.1 cm³/mol. The number of nitrogens with zero attached hydrogens (tertiary/aromatic N) is 1. The van der Waals surface area contributed by atoms with Gasteiger partial charge in [0.2, 0.25) is 11.8 Å². The highest BCUT2D eigenvalue weighted by Crippen LogP contribution is 2.29. The van der Waals surface area contributed by atoms with Crippen LogP contribution in [0, 0.1) is 0 Å². The van der Waals surface area contributed by atoms with Crippen molar-refractivity contribution in [3.63, 3.8) is 0 Å². The fourth-order valence-corrected chi connectivity index (χ4v) is 3.45. The Morgan fingerprint density at radius 1 is 1.22 bits per heavy atom. The zero-order chi connectivity index (χ0) is 16.1. The Balaban J connectivity index is 1.49. The first-order valence-electron chi connectivity index (χ1n) is 8.63. The lowest BCUT2D eigenvalue weighted by Gasteiger charge is -2.27. The topological polar surface area (TPSA) is 61.4 Å². The maximum Gasteiger partial charge on any atom is 0.226 e. The van der Waals surface area contributed by atoms with E-state index in [1.54, 1.807) is 0 Å². The molecule has 0 radical (unpaired) electrons. The van der Waals surface area contributed by atoms with E-state index in [9.17, 15) is 9.59 Å². The summed E-state index contributed by atoms with van der Waals surface area (Å²) in [6.07, 6.45) is 5.61. The van der Waals surface area contributed by atoms with E-state index in [0.29, 0.717) is 12.8 Å². The van der Waals surface area contributed by atoms with E-state index in [0.717, 1.165) is 37.3 Å². The smallest absolute Gasteiger partial charge is 0.226 e. The van der Waals surface area contributed by atoms with Crippen LogP contribution >= 0.6 is 0 Å². The van der Waals surface area contributed by atoms with E-state index in [4.69, 9.17) is 0 Å². The van der Waals surface area contributed by atoms with Crippen molar-refractivity contribution in [2.75, 3.05) is 25.0 Å². The molecule has 1 fully saturated rings. The summed E-state index contributed by atoms with van der Waals surface area (Å²) in [4.78, 5) is 26.4. The number of nitrogens with one attached hydrogen (secondary N) is 2. The van der Waals surface area contributed by atoms with Gasteiger partial charge in [0.1, 0.15) is 0 Å². The van der Waals surface area contributed by atoms with Crippen molar-refractivity contribution >= 4 is 17.5 Å². The Labute approximate surface area is 137 Å². The number of carbonyl (C=O) groups excluding carboxylic acids is 2. The molecule has 1 atom stereocenters. The van der Waals surface area contributed by atoms with Crippen LogP contribution in [0.1, 0.15) is 50.1 Å². The molecular formula is C18H25N3O2. The van der Waals surface area contributed by atoms with Crippen LogP contribution in [0.15, 0.2) is 24.3 Å². The minimum Gasteiger partial charge on any atom is -0.349 e. The molecule has 0 aromatic heterocycles. The molecule has 2 aliphatic rings. The number of amides is 2. The highest BCUT2D eigenvalue weighted by molar-refractivity contribution is 5.95. The molecule has 23 heavy (non-hydrogen) atoms. The van der Waals surface area contributed by atoms with Crippen LogP contribution in [0.3, 0.4) is 0 Å². The molecule has 2 heterocycles. The third-order valence-electron chi connectivity index (χ3n) is 4.66. The lowest BCUT2D eigenvalue weighted by atomic mass is 9.97. The highest BCUT2D eigenvalue weighted by atomic mass is 16.2. The Morgan fingerprint density at radius 3 is 2.83 bits per heavy atom. The van der Waals surface area contributed by atoms with Gasteiger partial charge in [-0.3, -0.25) is 9.59 Å². The van der Waals surface area contributed by atoms with Crippen molar-refractivity contribution in [3.05, 3.63) is 29.8 Å². The monoisotopic (exact) mass is 315 g/mol. The summed E-state index contributed by atoms with van der Waals surface area (Å²) < 4.78 is 0. The van der Waals surface area contributed by atoms with E-state index >= 15 is 0 Å². The van der Waals surface area contributed by atoms with Crippen LogP contribution in [-0.2, 0) is 9.59 Å². The molecule has 1 unspecified atom stereocenters. The summed E-state index contributed by atoms with van der Waals surface area (Å²) in [6.45, 7) is 3.32. The maximum absolute atomic E-state index is 12.2. The quantitative estimate of drug-likeness (QED) is 0.877. The molecule has 0 aliphatic carbocycles. The number of para-hydroxylation sites is 1. The average molecular weight is 315 g/mol. The molecular weight excluding hydrogens is 290 g/mol. The first-order chi connectivity index (χ1) is 11.2. The van der Waals surface area contributed by atoms with Gasteiger partial charge < -0.3 is 15.5 Å². The molecule has 3 rings (SSSR count). The Kier molecular flexibility index (Phi) is 5.28. The number of piperidine rings is 1. The predicted octanol–water partition coefficient (Wildman–Crippen LogP) is 2.45. The standard InChI is InChI=1S/C18H25N3O2/c22-17(9-6-12-21-10-4-1-5-11-21)20-16-13-18(23)19-15-8-3-2-7-14(15)16/h2-3,7-8,16H,1,4-6,9-13H2,(H,19,23)(H,20,22). The fraction of sp³-hybridized carbons (Fsp3) is 0.556. The van der Waals surface area contributed by atoms with Gasteiger partial charge >= 0.3 is 0 Å². The van der Waals surface area contributed by atoms with Crippen LogP contribution in [0.4, 0.5) is 5.69 Å². The molecule has 0 spiro atoms. The van der Waals surface area contributed by atoms with Gasteiger partial charge in [-0.2, -0.15) is 0 Å². The van der Waals surface area contributed by atoms with Crippen LogP contribution in [0.5, 0.6) is 0 Å². The lowest BCUT2D eigenvalue weighted by molar-refractivity contribution is -0.122. The number of anilines is 1. The second-order valence-electron chi connectivity index (χ2n) is 6.47. The van der Waals surface area contributed by atoms with Crippen LogP contribution in [0.2, 0.25) is 0 Å². The number of hydrogen-bond acceptors (Lipinski definition) is 3. The third kappa shape index (κ3) is 4.32. The molecule has 1 saturated heterocycles. The average Bonchev–Trinajstić information content (AvgIpc) is 2.55. The third-order valence-corrected chi connectivity index (χ3v) is 4.66. The van der Waals surface area contributed by atoms with Gasteiger partial charge in [0, 0.05) is 12.1 Å². The Morgan fingerprint density at radius 2 is 2.00 bits per heavy atom. The van der Waals surface area contributed by atoms with E-state index in [1.807, 2.05) is 24.3 Å². The molecule has 1 aromatic rings. The van der Waals surface area contributed by atoms with E-state index in [1.165, 1.54) is 19.3 Å². The van der Waals surface area contributed by atoms with Gasteiger partial charge in [0.25, 0.3) is 0 Å². The number of rotatable bonds is 5. The lowest BCUT2D eigenvalue weighted by Crippen LogP contribution is -2.36. The second kappa shape index (κ2) is 7.59. The van der Waals surface area contributed by atoms with Gasteiger partial charge in [-0.05, 0) is 50.5 Å². The molecule has 5 heteroatoms. The SMILES string of the molecule is O=C1CC(NC(=O)CCCN2CCCCC2)c2ccccc2N1. The number of carbonyl (C=O) groups is 2. The van der Waals surface area contributed by atoms with E-state index in [2.05, 4.69) is 15.5 Å². The van der Waals surface area contributed by atoms with Gasteiger partial charge in [-0.15, -0.1) is 0 Å². The van der Waals surface area contributed by atoms with Crippen LogP contribution in [-0.4, -0.2) is 36.3 Å². The summed E-state index contributed by atoms with van der Waals surface area (Å²) >= 11 is 0. The molecule has 2 amide bonds. The van der Waals surface area contributed by atoms with Crippen molar-refractivity contribution in [1.82, 2.24) is 10.2 Å². The van der Waals surface area contributed by atoms with Gasteiger partial charge in [0.15, 0.2) is 0 Å². The molecule has 1 aromatic carbocycles. The fourth-order valence-electron chi connectivity index (χ4n) is 3.45. The summed E-state index contributed by atoms with van der Waals surface area (Å²) in [5.41, 5.74) is 1.80. The molecule has 0 saturated carbocycles. The van der Waals surface area contributed by atoms with E-state index in [-0.39, 0.29) is 17.9 Å². The Bertz CT molecular complexity index is 567. The maximum atomic E-state index is 12.2. The van der Waals surface area contributed by atoms with Crippen molar-refractivity contribution in [2.45, 2.75) is 44.6 Å². The zero-order valence-electron chi connectivity index (χ0n) is 13.5. The molecule has 0 bridgehead atoms. The van der Waals surface area contributed by atoms with Gasteiger partial charge in [-0.1, -0.05) is 24.6 Å². The summed E-state index contributed by atoms with van der Waals surface area (Å²) in [6, 6.07) is 7.46. The normalized spacial score (nSPS) is 21.4. The molecule has 124 valence electrons. The summed E-state index contributed by atoms with van der Waals surface area (Å²) in [5, 5.41) is 5.88. The molecule has 2 N–H and O–H groups in total. The molecule has 5 nitrogen and oxygen atoms in total. The summed E-state index contributed by atoms with van der Waals surface area (Å²) in [7, 11) is 0. The van der Waals surface area contributed by atoms with Gasteiger partial charge in [-0.25, -0.2) is 0 Å². The van der Waals surface area contributed by atoms with Crippen molar-refractivity contribution in [3.8, 4) is 0 Å². The Hall–Kier alpha value is -1.88.